The van der Waals surface area contributed by atoms with E-state index < -0.39 is 0 Å². The molecule has 126 valence electrons. The standard InChI is InChI=1S/C20H14N4O2/c1-13-3-5-23-11-19(13)25-17-7-15(9-21)16(10-22)8-18(17)26-20-12-24-6-4-14(20)2/h3-8,11-12H,1-2H3. The molecule has 0 saturated heterocycles. The predicted molar refractivity (Wildman–Crippen MR) is 94.0 cm³/mol. The zero-order valence-corrected chi connectivity index (χ0v) is 14.2. The van der Waals surface area contributed by atoms with Crippen LogP contribution in [0.15, 0.2) is 49.1 Å². The molecule has 1 aromatic carbocycles. The third-order valence-corrected chi connectivity index (χ3v) is 3.75. The Kier molecular flexibility index (Phi) is 4.78. The summed E-state index contributed by atoms with van der Waals surface area (Å²) >= 11 is 0. The summed E-state index contributed by atoms with van der Waals surface area (Å²) < 4.78 is 11.9. The Hall–Kier alpha value is -3.90. The lowest BCUT2D eigenvalue weighted by Crippen LogP contribution is -1.97. The SMILES string of the molecule is Cc1ccncc1Oc1cc(C#N)c(C#N)cc1Oc1cnccc1C. The summed E-state index contributed by atoms with van der Waals surface area (Å²) in [4.78, 5) is 8.11. The number of rotatable bonds is 4. The highest BCUT2D eigenvalue weighted by Crippen LogP contribution is 2.38. The fraction of sp³-hybridized carbons (Fsp3) is 0.100. The van der Waals surface area contributed by atoms with Crippen LogP contribution in [0.1, 0.15) is 22.3 Å². The van der Waals surface area contributed by atoms with Crippen molar-refractivity contribution < 1.29 is 9.47 Å². The molecule has 0 amide bonds. The van der Waals surface area contributed by atoms with Crippen molar-refractivity contribution in [2.75, 3.05) is 0 Å². The molecule has 6 heteroatoms. The van der Waals surface area contributed by atoms with Gasteiger partial charge in [0.05, 0.1) is 23.5 Å². The van der Waals surface area contributed by atoms with E-state index in [1.165, 1.54) is 12.1 Å². The second-order valence-corrected chi connectivity index (χ2v) is 5.55. The second-order valence-electron chi connectivity index (χ2n) is 5.55. The maximum Gasteiger partial charge on any atom is 0.171 e. The quantitative estimate of drug-likeness (QED) is 0.697. The van der Waals surface area contributed by atoms with Gasteiger partial charge in [0.25, 0.3) is 0 Å². The van der Waals surface area contributed by atoms with E-state index in [-0.39, 0.29) is 11.1 Å². The number of aryl methyl sites for hydroxylation is 2. The molecule has 0 unspecified atom stereocenters. The van der Waals surface area contributed by atoms with Gasteiger partial charge in [-0.3, -0.25) is 9.97 Å². The van der Waals surface area contributed by atoms with Crippen molar-refractivity contribution in [3.63, 3.8) is 0 Å². The molecule has 2 aromatic heterocycles. The first-order chi connectivity index (χ1) is 12.6. The molecule has 0 bridgehead atoms. The zero-order chi connectivity index (χ0) is 18.5. The highest BCUT2D eigenvalue weighted by Gasteiger charge is 2.15. The Morgan fingerprint density at radius 3 is 1.50 bits per heavy atom. The first kappa shape index (κ1) is 16.9. The van der Waals surface area contributed by atoms with Gasteiger partial charge in [-0.25, -0.2) is 0 Å². The van der Waals surface area contributed by atoms with Crippen molar-refractivity contribution >= 4 is 0 Å². The number of nitrogens with zero attached hydrogens (tertiary/aromatic N) is 4. The number of benzene rings is 1. The van der Waals surface area contributed by atoms with Crippen LogP contribution >= 0.6 is 0 Å². The average Bonchev–Trinajstić information content (AvgIpc) is 2.66. The third kappa shape index (κ3) is 3.45. The topological polar surface area (TPSA) is 91.8 Å². The van der Waals surface area contributed by atoms with E-state index in [0.717, 1.165) is 11.1 Å². The molecule has 0 saturated carbocycles. The molecule has 6 nitrogen and oxygen atoms in total. The Bertz CT molecular complexity index is 964. The van der Waals surface area contributed by atoms with Crippen molar-refractivity contribution in [3.8, 4) is 35.1 Å². The smallest absolute Gasteiger partial charge is 0.171 e. The highest BCUT2D eigenvalue weighted by atomic mass is 16.5. The molecule has 0 radical (unpaired) electrons. The predicted octanol–water partition coefficient (Wildman–Crippen LogP) is 4.42. The van der Waals surface area contributed by atoms with Crippen molar-refractivity contribution in [3.05, 3.63) is 71.3 Å². The molecular weight excluding hydrogens is 328 g/mol. The van der Waals surface area contributed by atoms with Crippen LogP contribution in [0.25, 0.3) is 0 Å². The third-order valence-electron chi connectivity index (χ3n) is 3.75. The van der Waals surface area contributed by atoms with Gasteiger partial charge in [-0.2, -0.15) is 10.5 Å². The van der Waals surface area contributed by atoms with Crippen molar-refractivity contribution in [1.82, 2.24) is 9.97 Å². The van der Waals surface area contributed by atoms with E-state index in [4.69, 9.17) is 9.47 Å². The fourth-order valence-electron chi connectivity index (χ4n) is 2.25. The minimum absolute atomic E-state index is 0.208. The first-order valence-corrected chi connectivity index (χ1v) is 7.77. The lowest BCUT2D eigenvalue weighted by molar-refractivity contribution is 0.413. The molecular formula is C20H14N4O2. The van der Waals surface area contributed by atoms with Crippen LogP contribution in [0.4, 0.5) is 0 Å². The van der Waals surface area contributed by atoms with Crippen LogP contribution < -0.4 is 9.47 Å². The normalized spacial score (nSPS) is 9.85. The van der Waals surface area contributed by atoms with Crippen LogP contribution in [0.2, 0.25) is 0 Å². The van der Waals surface area contributed by atoms with Gasteiger partial charge < -0.3 is 9.47 Å². The van der Waals surface area contributed by atoms with Gasteiger partial charge in [-0.05, 0) is 37.1 Å². The van der Waals surface area contributed by atoms with Crippen molar-refractivity contribution in [1.29, 1.82) is 10.5 Å². The van der Waals surface area contributed by atoms with Crippen molar-refractivity contribution in [2.45, 2.75) is 13.8 Å². The van der Waals surface area contributed by atoms with E-state index in [1.807, 2.05) is 38.1 Å². The first-order valence-electron chi connectivity index (χ1n) is 7.77. The van der Waals surface area contributed by atoms with Gasteiger partial charge in [0.2, 0.25) is 0 Å². The van der Waals surface area contributed by atoms with Gasteiger partial charge in [0, 0.05) is 24.5 Å². The molecule has 0 aliphatic rings. The minimum atomic E-state index is 0.208. The summed E-state index contributed by atoms with van der Waals surface area (Å²) in [7, 11) is 0. The summed E-state index contributed by atoms with van der Waals surface area (Å²) in [5, 5.41) is 18.6. The average molecular weight is 342 g/mol. The van der Waals surface area contributed by atoms with Crippen LogP contribution in [-0.4, -0.2) is 9.97 Å². The van der Waals surface area contributed by atoms with Gasteiger partial charge in [-0.15, -0.1) is 0 Å². The lowest BCUT2D eigenvalue weighted by Gasteiger charge is -2.15. The second kappa shape index (κ2) is 7.33. The summed E-state index contributed by atoms with van der Waals surface area (Å²) in [6, 6.07) is 10.6. The number of hydrogen-bond donors (Lipinski definition) is 0. The number of ether oxygens (including phenoxy) is 2. The van der Waals surface area contributed by atoms with E-state index in [2.05, 4.69) is 9.97 Å². The Morgan fingerprint density at radius 2 is 1.15 bits per heavy atom. The van der Waals surface area contributed by atoms with Gasteiger partial charge in [0.1, 0.15) is 23.6 Å². The number of pyridine rings is 2. The molecule has 0 aliphatic carbocycles. The monoisotopic (exact) mass is 342 g/mol. The molecule has 0 spiro atoms. The molecule has 0 N–H and O–H groups in total. The number of hydrogen-bond acceptors (Lipinski definition) is 6. The summed E-state index contributed by atoms with van der Waals surface area (Å²) in [6.07, 6.45) is 6.49. The Balaban J connectivity index is 2.09. The van der Waals surface area contributed by atoms with Gasteiger partial charge in [-0.1, -0.05) is 0 Å². The van der Waals surface area contributed by atoms with E-state index in [9.17, 15) is 10.5 Å². The lowest BCUT2D eigenvalue weighted by atomic mass is 10.1. The molecule has 2 heterocycles. The van der Waals surface area contributed by atoms with Crippen LogP contribution in [0.3, 0.4) is 0 Å². The highest BCUT2D eigenvalue weighted by molar-refractivity contribution is 5.58. The summed E-state index contributed by atoms with van der Waals surface area (Å²) in [5.41, 5.74) is 2.18. The number of nitriles is 2. The zero-order valence-electron chi connectivity index (χ0n) is 14.2. The van der Waals surface area contributed by atoms with E-state index in [1.54, 1.807) is 24.8 Å². The summed E-state index contributed by atoms with van der Waals surface area (Å²) in [6.45, 7) is 3.77. The molecule has 0 fully saturated rings. The molecule has 26 heavy (non-hydrogen) atoms. The molecule has 3 rings (SSSR count). The fourth-order valence-corrected chi connectivity index (χ4v) is 2.25. The minimum Gasteiger partial charge on any atom is -0.451 e. The Morgan fingerprint density at radius 1 is 0.731 bits per heavy atom. The number of aromatic nitrogens is 2. The van der Waals surface area contributed by atoms with Crippen LogP contribution in [0.5, 0.6) is 23.0 Å². The maximum absolute atomic E-state index is 9.30. The molecule has 0 atom stereocenters. The Labute approximate surface area is 150 Å². The van der Waals surface area contributed by atoms with Gasteiger partial charge in [0.15, 0.2) is 11.5 Å². The molecule has 0 aliphatic heterocycles. The van der Waals surface area contributed by atoms with E-state index in [0.29, 0.717) is 23.0 Å². The maximum atomic E-state index is 9.30. The largest absolute Gasteiger partial charge is 0.451 e. The van der Waals surface area contributed by atoms with Crippen LogP contribution in [-0.2, 0) is 0 Å². The van der Waals surface area contributed by atoms with Crippen LogP contribution in [0, 0.1) is 36.5 Å². The molecule has 3 aromatic rings. The summed E-state index contributed by atoms with van der Waals surface area (Å²) in [5.74, 6) is 1.71. The van der Waals surface area contributed by atoms with E-state index >= 15 is 0 Å². The van der Waals surface area contributed by atoms with Gasteiger partial charge >= 0.3 is 0 Å². The van der Waals surface area contributed by atoms with Crippen molar-refractivity contribution in [2.24, 2.45) is 0 Å².